The Morgan fingerprint density at radius 1 is 1.12 bits per heavy atom. The van der Waals surface area contributed by atoms with E-state index in [-0.39, 0.29) is 29.2 Å². The standard InChI is InChI=1S/C20H26O4/c1-10(2)13-6-11-7-14(22)18-19(3,4)8-12(21)9-20(18,5)15(11)17(24)16(13)23/h6-7,10,12,18,21,24H,8-9H2,1-5H3/t12-,18-,20+/m1/s1. The van der Waals surface area contributed by atoms with Crippen molar-refractivity contribution in [1.29, 1.82) is 0 Å². The molecule has 0 aromatic rings. The highest BCUT2D eigenvalue weighted by Gasteiger charge is 2.58. The van der Waals surface area contributed by atoms with Crippen LogP contribution in [0.15, 0.2) is 34.6 Å². The number of hydrogen-bond donors (Lipinski definition) is 2. The fourth-order valence-electron chi connectivity index (χ4n) is 5.28. The monoisotopic (exact) mass is 330 g/mol. The Kier molecular flexibility index (Phi) is 3.69. The highest BCUT2D eigenvalue weighted by Crippen LogP contribution is 2.59. The summed E-state index contributed by atoms with van der Waals surface area (Å²) in [5.41, 5.74) is 0.552. The van der Waals surface area contributed by atoms with Crippen molar-refractivity contribution in [2.45, 2.75) is 53.6 Å². The number of carbonyl (C=O) groups is 2. The maximum atomic E-state index is 12.9. The van der Waals surface area contributed by atoms with Gasteiger partial charge in [-0.15, -0.1) is 0 Å². The number of Topliss-reactive ketones (excluding diaryl/α,β-unsaturated/α-hetero) is 1. The summed E-state index contributed by atoms with van der Waals surface area (Å²) < 4.78 is 0. The smallest absolute Gasteiger partial charge is 0.223 e. The Balaban J connectivity index is 2.25. The van der Waals surface area contributed by atoms with E-state index in [2.05, 4.69) is 0 Å². The van der Waals surface area contributed by atoms with Gasteiger partial charge in [0.25, 0.3) is 0 Å². The van der Waals surface area contributed by atoms with Crippen LogP contribution in [-0.4, -0.2) is 27.9 Å². The lowest BCUT2D eigenvalue weighted by Crippen LogP contribution is -2.54. The molecule has 0 aromatic heterocycles. The van der Waals surface area contributed by atoms with Crippen LogP contribution in [0.2, 0.25) is 0 Å². The zero-order valence-corrected chi connectivity index (χ0v) is 15.0. The molecule has 3 atom stereocenters. The van der Waals surface area contributed by atoms with Crippen molar-refractivity contribution in [1.82, 2.24) is 0 Å². The normalized spacial score (nSPS) is 35.5. The highest BCUT2D eigenvalue weighted by atomic mass is 16.3. The third kappa shape index (κ3) is 2.23. The second-order valence-electron chi connectivity index (χ2n) is 8.71. The highest BCUT2D eigenvalue weighted by molar-refractivity contribution is 6.11. The summed E-state index contributed by atoms with van der Waals surface area (Å²) in [7, 11) is 0. The summed E-state index contributed by atoms with van der Waals surface area (Å²) in [5, 5.41) is 21.1. The molecule has 0 aliphatic heterocycles. The minimum atomic E-state index is -0.735. The van der Waals surface area contributed by atoms with Crippen LogP contribution in [0, 0.1) is 22.7 Å². The Labute approximate surface area is 142 Å². The predicted molar refractivity (Wildman–Crippen MR) is 91.3 cm³/mol. The van der Waals surface area contributed by atoms with Gasteiger partial charge < -0.3 is 10.2 Å². The summed E-state index contributed by atoms with van der Waals surface area (Å²) in [6.07, 6.45) is 3.68. The van der Waals surface area contributed by atoms with E-state index in [1.54, 1.807) is 12.2 Å². The molecule has 130 valence electrons. The maximum absolute atomic E-state index is 12.9. The van der Waals surface area contributed by atoms with Gasteiger partial charge in [-0.05, 0) is 41.9 Å². The second-order valence-corrected chi connectivity index (χ2v) is 8.71. The molecule has 0 amide bonds. The zero-order valence-electron chi connectivity index (χ0n) is 15.0. The van der Waals surface area contributed by atoms with Crippen LogP contribution in [0.25, 0.3) is 0 Å². The van der Waals surface area contributed by atoms with Crippen molar-refractivity contribution in [3.05, 3.63) is 34.6 Å². The number of carbonyl (C=O) groups excluding carboxylic acids is 2. The van der Waals surface area contributed by atoms with E-state index in [4.69, 9.17) is 0 Å². The van der Waals surface area contributed by atoms with Gasteiger partial charge in [-0.25, -0.2) is 0 Å². The van der Waals surface area contributed by atoms with Gasteiger partial charge >= 0.3 is 0 Å². The lowest BCUT2D eigenvalue weighted by atomic mass is 9.48. The third-order valence-corrected chi connectivity index (χ3v) is 5.93. The Morgan fingerprint density at radius 2 is 1.75 bits per heavy atom. The van der Waals surface area contributed by atoms with Gasteiger partial charge in [0.05, 0.1) is 6.10 Å². The van der Waals surface area contributed by atoms with Crippen LogP contribution in [0.5, 0.6) is 0 Å². The van der Waals surface area contributed by atoms with E-state index in [0.29, 0.717) is 29.6 Å². The lowest BCUT2D eigenvalue weighted by Gasteiger charge is -2.54. The molecule has 0 spiro atoms. The Bertz CT molecular complexity index is 720. The van der Waals surface area contributed by atoms with E-state index in [9.17, 15) is 19.8 Å². The number of rotatable bonds is 1. The van der Waals surface area contributed by atoms with Crippen LogP contribution in [0.4, 0.5) is 0 Å². The average molecular weight is 330 g/mol. The zero-order chi connectivity index (χ0) is 18.0. The first-order valence-electron chi connectivity index (χ1n) is 8.63. The summed E-state index contributed by atoms with van der Waals surface area (Å²) in [5.74, 6) is -0.969. The van der Waals surface area contributed by atoms with Crippen molar-refractivity contribution in [3.63, 3.8) is 0 Å². The van der Waals surface area contributed by atoms with Crippen molar-refractivity contribution < 1.29 is 19.8 Å². The fraction of sp³-hybridized carbons (Fsp3) is 0.600. The number of ketones is 2. The summed E-state index contributed by atoms with van der Waals surface area (Å²) >= 11 is 0. The second kappa shape index (κ2) is 5.16. The first-order chi connectivity index (χ1) is 11.0. The molecule has 1 fully saturated rings. The predicted octanol–water partition coefficient (Wildman–Crippen LogP) is 3.28. The lowest BCUT2D eigenvalue weighted by molar-refractivity contribution is -0.135. The Morgan fingerprint density at radius 3 is 2.33 bits per heavy atom. The number of aliphatic hydroxyl groups is 2. The van der Waals surface area contributed by atoms with Crippen LogP contribution in [0.3, 0.4) is 0 Å². The average Bonchev–Trinajstić information content (AvgIpc) is 2.38. The fourth-order valence-corrected chi connectivity index (χ4v) is 5.28. The Hall–Kier alpha value is -1.68. The summed E-state index contributed by atoms with van der Waals surface area (Å²) in [4.78, 5) is 25.5. The van der Waals surface area contributed by atoms with Crippen molar-refractivity contribution in [3.8, 4) is 0 Å². The van der Waals surface area contributed by atoms with E-state index >= 15 is 0 Å². The van der Waals surface area contributed by atoms with E-state index in [1.807, 2.05) is 34.6 Å². The molecule has 0 heterocycles. The van der Waals surface area contributed by atoms with E-state index < -0.39 is 16.9 Å². The largest absolute Gasteiger partial charge is 0.504 e. The van der Waals surface area contributed by atoms with Crippen LogP contribution in [-0.2, 0) is 9.59 Å². The molecule has 0 unspecified atom stereocenters. The molecule has 2 N–H and O–H groups in total. The molecule has 3 rings (SSSR count). The topological polar surface area (TPSA) is 74.6 Å². The molecular weight excluding hydrogens is 304 g/mol. The van der Waals surface area contributed by atoms with Gasteiger partial charge in [0.2, 0.25) is 5.78 Å². The number of allylic oxidation sites excluding steroid dienone is 5. The van der Waals surface area contributed by atoms with Crippen molar-refractivity contribution in [2.75, 3.05) is 0 Å². The van der Waals surface area contributed by atoms with Gasteiger partial charge in [-0.2, -0.15) is 0 Å². The van der Waals surface area contributed by atoms with Gasteiger partial charge in [0, 0.05) is 22.5 Å². The van der Waals surface area contributed by atoms with E-state index in [1.165, 1.54) is 0 Å². The summed E-state index contributed by atoms with van der Waals surface area (Å²) in [6, 6.07) is 0. The van der Waals surface area contributed by atoms with Gasteiger partial charge in [0.15, 0.2) is 11.5 Å². The minimum absolute atomic E-state index is 0.0228. The molecular formula is C20H26O4. The molecule has 4 nitrogen and oxygen atoms in total. The van der Waals surface area contributed by atoms with Gasteiger partial charge in [-0.1, -0.05) is 34.6 Å². The minimum Gasteiger partial charge on any atom is -0.504 e. The summed E-state index contributed by atoms with van der Waals surface area (Å²) in [6.45, 7) is 9.65. The quantitative estimate of drug-likeness (QED) is 0.774. The first kappa shape index (κ1) is 17.2. The SMILES string of the molecule is CC(C)C1=CC2=CC(=O)[C@@H]3C(C)(C)C[C@@H](O)C[C@@]3(C)C2=C(O)C1=O. The first-order valence-corrected chi connectivity index (χ1v) is 8.63. The van der Waals surface area contributed by atoms with E-state index in [0.717, 1.165) is 0 Å². The van der Waals surface area contributed by atoms with Gasteiger partial charge in [-0.3, -0.25) is 9.59 Å². The molecule has 1 saturated carbocycles. The molecule has 0 radical (unpaired) electrons. The molecule has 3 aliphatic carbocycles. The molecule has 0 aromatic carbocycles. The third-order valence-electron chi connectivity index (χ3n) is 5.93. The molecule has 24 heavy (non-hydrogen) atoms. The van der Waals surface area contributed by atoms with Gasteiger partial charge in [0.1, 0.15) is 0 Å². The molecule has 3 aliphatic rings. The van der Waals surface area contributed by atoms with Crippen LogP contribution in [0.1, 0.15) is 47.5 Å². The molecule has 0 bridgehead atoms. The van der Waals surface area contributed by atoms with Crippen molar-refractivity contribution in [2.24, 2.45) is 22.7 Å². The number of fused-ring (bicyclic) bond motifs is 3. The maximum Gasteiger partial charge on any atom is 0.223 e. The number of hydrogen-bond acceptors (Lipinski definition) is 4. The molecule has 4 heteroatoms. The van der Waals surface area contributed by atoms with Crippen LogP contribution >= 0.6 is 0 Å². The number of aliphatic hydroxyl groups excluding tert-OH is 2. The van der Waals surface area contributed by atoms with Crippen molar-refractivity contribution >= 4 is 11.6 Å². The van der Waals surface area contributed by atoms with Crippen LogP contribution < -0.4 is 0 Å². The molecule has 0 saturated heterocycles.